The Hall–Kier alpha value is -2.16. The number of anilines is 1. The van der Waals surface area contributed by atoms with E-state index in [0.29, 0.717) is 37.5 Å². The van der Waals surface area contributed by atoms with Crippen molar-refractivity contribution in [2.45, 2.75) is 25.8 Å². The van der Waals surface area contributed by atoms with Crippen LogP contribution in [0.2, 0.25) is 0 Å². The van der Waals surface area contributed by atoms with E-state index in [2.05, 4.69) is 15.6 Å². The van der Waals surface area contributed by atoms with E-state index < -0.39 is 0 Å². The van der Waals surface area contributed by atoms with Crippen LogP contribution in [0.1, 0.15) is 24.0 Å². The molecule has 3 rings (SSSR count). The molecule has 7 heteroatoms. The lowest BCUT2D eigenvalue weighted by molar-refractivity contribution is -0.117. The third-order valence-corrected chi connectivity index (χ3v) is 4.65. The second-order valence-electron chi connectivity index (χ2n) is 6.51. The number of rotatable bonds is 6. The van der Waals surface area contributed by atoms with Crippen LogP contribution in [0.4, 0.5) is 10.1 Å². The molecule has 2 N–H and O–H groups in total. The highest BCUT2D eigenvalue weighted by Gasteiger charge is 2.21. The molecule has 0 bridgehead atoms. The zero-order chi connectivity index (χ0) is 19.1. The first-order valence-corrected chi connectivity index (χ1v) is 9.24. The van der Waals surface area contributed by atoms with Crippen molar-refractivity contribution in [2.24, 2.45) is 4.99 Å². The summed E-state index contributed by atoms with van der Waals surface area (Å²) >= 11 is 0. The van der Waals surface area contributed by atoms with Crippen molar-refractivity contribution in [3.8, 4) is 0 Å². The van der Waals surface area contributed by atoms with Gasteiger partial charge in [-0.05, 0) is 42.2 Å². The monoisotopic (exact) mass is 496 g/mol. The Kier molecular flexibility index (Phi) is 8.69. The first-order valence-electron chi connectivity index (χ1n) is 9.24. The first kappa shape index (κ1) is 22.1. The molecule has 1 aliphatic rings. The number of amides is 1. The summed E-state index contributed by atoms with van der Waals surface area (Å²) in [5.41, 5.74) is 2.74. The van der Waals surface area contributed by atoms with Gasteiger partial charge in [-0.2, -0.15) is 0 Å². The Morgan fingerprint density at radius 1 is 1.14 bits per heavy atom. The SMILES string of the molecule is CN=C(NCCc1ccccc1F)NCc1ccc(N2CCCC2=O)cc1.I. The number of nitrogens with one attached hydrogen (secondary N) is 2. The molecule has 150 valence electrons. The molecule has 0 atom stereocenters. The van der Waals surface area contributed by atoms with Gasteiger partial charge in [-0.25, -0.2) is 4.39 Å². The lowest BCUT2D eigenvalue weighted by Gasteiger charge is -2.16. The van der Waals surface area contributed by atoms with Gasteiger partial charge in [-0.3, -0.25) is 9.79 Å². The van der Waals surface area contributed by atoms with Crippen molar-refractivity contribution < 1.29 is 9.18 Å². The average Bonchev–Trinajstić information content (AvgIpc) is 3.12. The van der Waals surface area contributed by atoms with E-state index in [1.807, 2.05) is 35.2 Å². The lowest BCUT2D eigenvalue weighted by atomic mass is 10.1. The molecule has 5 nitrogen and oxygen atoms in total. The van der Waals surface area contributed by atoms with Crippen molar-refractivity contribution in [1.29, 1.82) is 0 Å². The van der Waals surface area contributed by atoms with Crippen LogP contribution in [0, 0.1) is 5.82 Å². The highest BCUT2D eigenvalue weighted by atomic mass is 127. The summed E-state index contributed by atoms with van der Waals surface area (Å²) in [4.78, 5) is 17.8. The normalized spacial score (nSPS) is 14.0. The van der Waals surface area contributed by atoms with Gasteiger partial charge >= 0.3 is 0 Å². The summed E-state index contributed by atoms with van der Waals surface area (Å²) in [7, 11) is 1.71. The summed E-state index contributed by atoms with van der Waals surface area (Å²) in [6.45, 7) is 2.01. The quantitative estimate of drug-likeness (QED) is 0.366. The highest BCUT2D eigenvalue weighted by Crippen LogP contribution is 2.21. The second-order valence-corrected chi connectivity index (χ2v) is 6.51. The van der Waals surface area contributed by atoms with Crippen molar-refractivity contribution >= 4 is 41.5 Å². The van der Waals surface area contributed by atoms with Crippen LogP contribution in [0.15, 0.2) is 53.5 Å². The summed E-state index contributed by atoms with van der Waals surface area (Å²) < 4.78 is 13.6. The minimum absolute atomic E-state index is 0. The predicted molar refractivity (Wildman–Crippen MR) is 122 cm³/mol. The molecular formula is C21H26FIN4O. The molecule has 0 saturated carbocycles. The van der Waals surface area contributed by atoms with Crippen LogP contribution in [-0.2, 0) is 17.8 Å². The third-order valence-electron chi connectivity index (χ3n) is 4.65. The fraction of sp³-hybridized carbons (Fsp3) is 0.333. The summed E-state index contributed by atoms with van der Waals surface area (Å²) in [5, 5.41) is 6.45. The molecule has 2 aromatic carbocycles. The fourth-order valence-corrected chi connectivity index (χ4v) is 3.14. The van der Waals surface area contributed by atoms with Crippen molar-refractivity contribution in [1.82, 2.24) is 10.6 Å². The van der Waals surface area contributed by atoms with E-state index >= 15 is 0 Å². The van der Waals surface area contributed by atoms with Crippen LogP contribution >= 0.6 is 24.0 Å². The molecule has 28 heavy (non-hydrogen) atoms. The molecule has 0 aromatic heterocycles. The number of carbonyl (C=O) groups excluding carboxylic acids is 1. The maximum absolute atomic E-state index is 13.6. The van der Waals surface area contributed by atoms with Gasteiger partial charge in [0.25, 0.3) is 0 Å². The van der Waals surface area contributed by atoms with Crippen molar-refractivity contribution in [3.05, 3.63) is 65.5 Å². The Labute approximate surface area is 182 Å². The predicted octanol–water partition coefficient (Wildman–Crippen LogP) is 3.48. The summed E-state index contributed by atoms with van der Waals surface area (Å²) in [6, 6.07) is 14.8. The standard InChI is InChI=1S/C21H25FN4O.HI/c1-23-21(24-13-12-17-5-2-3-6-19(17)22)25-15-16-8-10-18(11-9-16)26-14-4-7-20(26)27;/h2-3,5-6,8-11H,4,7,12-15H2,1H3,(H2,23,24,25);1H. The van der Waals surface area contributed by atoms with Gasteiger partial charge in [0.1, 0.15) is 5.82 Å². The largest absolute Gasteiger partial charge is 0.356 e. The fourth-order valence-electron chi connectivity index (χ4n) is 3.14. The minimum Gasteiger partial charge on any atom is -0.356 e. The van der Waals surface area contributed by atoms with E-state index in [1.165, 1.54) is 6.07 Å². The van der Waals surface area contributed by atoms with Gasteiger partial charge in [0, 0.05) is 38.8 Å². The number of nitrogens with zero attached hydrogens (tertiary/aromatic N) is 2. The van der Waals surface area contributed by atoms with Crippen molar-refractivity contribution in [3.63, 3.8) is 0 Å². The molecular weight excluding hydrogens is 470 g/mol. The third kappa shape index (κ3) is 5.92. The van der Waals surface area contributed by atoms with E-state index in [4.69, 9.17) is 0 Å². The van der Waals surface area contributed by atoms with E-state index in [0.717, 1.165) is 24.2 Å². The number of benzene rings is 2. The topological polar surface area (TPSA) is 56.7 Å². The van der Waals surface area contributed by atoms with E-state index in [-0.39, 0.29) is 35.7 Å². The van der Waals surface area contributed by atoms with Gasteiger partial charge in [0.2, 0.25) is 5.91 Å². The van der Waals surface area contributed by atoms with E-state index in [9.17, 15) is 9.18 Å². The molecule has 2 aromatic rings. The smallest absolute Gasteiger partial charge is 0.227 e. The van der Waals surface area contributed by atoms with Gasteiger partial charge in [-0.15, -0.1) is 24.0 Å². The second kappa shape index (κ2) is 11.0. The molecule has 1 saturated heterocycles. The molecule has 0 radical (unpaired) electrons. The Balaban J connectivity index is 0.00000280. The maximum atomic E-state index is 13.6. The zero-order valence-electron chi connectivity index (χ0n) is 16.0. The summed E-state index contributed by atoms with van der Waals surface area (Å²) in [5.74, 6) is 0.685. The Morgan fingerprint density at radius 3 is 2.54 bits per heavy atom. The molecule has 1 fully saturated rings. The number of halogens is 2. The Bertz CT molecular complexity index is 810. The summed E-state index contributed by atoms with van der Waals surface area (Å²) in [6.07, 6.45) is 2.15. The first-order chi connectivity index (χ1) is 13.2. The molecule has 1 heterocycles. The molecule has 0 unspecified atom stereocenters. The van der Waals surface area contributed by atoms with E-state index in [1.54, 1.807) is 19.2 Å². The average molecular weight is 496 g/mol. The van der Waals surface area contributed by atoms with Crippen LogP contribution in [0.25, 0.3) is 0 Å². The van der Waals surface area contributed by atoms with Crippen LogP contribution in [0.3, 0.4) is 0 Å². The van der Waals surface area contributed by atoms with Gasteiger partial charge in [0.05, 0.1) is 0 Å². The van der Waals surface area contributed by atoms with Gasteiger partial charge in [-0.1, -0.05) is 30.3 Å². The lowest BCUT2D eigenvalue weighted by Crippen LogP contribution is -2.37. The highest BCUT2D eigenvalue weighted by molar-refractivity contribution is 14.0. The number of guanidine groups is 1. The maximum Gasteiger partial charge on any atom is 0.227 e. The minimum atomic E-state index is -0.182. The number of hydrogen-bond donors (Lipinski definition) is 2. The molecule has 0 spiro atoms. The molecule has 1 amide bonds. The van der Waals surface area contributed by atoms with Gasteiger partial charge in [0.15, 0.2) is 5.96 Å². The van der Waals surface area contributed by atoms with Gasteiger partial charge < -0.3 is 15.5 Å². The van der Waals surface area contributed by atoms with Crippen molar-refractivity contribution in [2.75, 3.05) is 25.0 Å². The molecule has 1 aliphatic heterocycles. The van der Waals surface area contributed by atoms with Crippen LogP contribution in [0.5, 0.6) is 0 Å². The Morgan fingerprint density at radius 2 is 1.89 bits per heavy atom. The molecule has 0 aliphatic carbocycles. The number of aliphatic imine (C=N–C) groups is 1. The zero-order valence-corrected chi connectivity index (χ0v) is 18.3. The van der Waals surface area contributed by atoms with Crippen LogP contribution < -0.4 is 15.5 Å². The number of hydrogen-bond acceptors (Lipinski definition) is 2. The van der Waals surface area contributed by atoms with Crippen LogP contribution in [-0.4, -0.2) is 32.0 Å². The number of carbonyl (C=O) groups is 1.